The van der Waals surface area contributed by atoms with Crippen molar-refractivity contribution in [3.63, 3.8) is 0 Å². The molecule has 1 aliphatic carbocycles. The van der Waals surface area contributed by atoms with Crippen molar-refractivity contribution < 1.29 is 9.47 Å². The Balaban J connectivity index is 1.19. The molecule has 4 aromatic rings. The highest BCUT2D eigenvalue weighted by Gasteiger charge is 2.30. The number of piperazine rings is 1. The van der Waals surface area contributed by atoms with Gasteiger partial charge < -0.3 is 25.4 Å². The van der Waals surface area contributed by atoms with Gasteiger partial charge in [0.15, 0.2) is 5.65 Å². The Morgan fingerprint density at radius 3 is 2.48 bits per heavy atom. The summed E-state index contributed by atoms with van der Waals surface area (Å²) in [5, 5.41) is 19.1. The number of ether oxygens (including phenoxy) is 2. The topological polar surface area (TPSA) is 130 Å². The number of fused-ring (bicyclic) bond motifs is 1. The highest BCUT2D eigenvalue weighted by molar-refractivity contribution is 5.98. The van der Waals surface area contributed by atoms with E-state index in [2.05, 4.69) is 42.9 Å². The van der Waals surface area contributed by atoms with Crippen molar-refractivity contribution in [3.05, 3.63) is 54.4 Å². The predicted octanol–water partition coefficient (Wildman–Crippen LogP) is 4.92. The molecule has 1 saturated carbocycles. The highest BCUT2D eigenvalue weighted by atomic mass is 16.5. The molecule has 3 N–H and O–H groups in total. The van der Waals surface area contributed by atoms with E-state index in [0.717, 1.165) is 86.3 Å². The standard InChI is InChI=1S/C33H41N9O2/c1-40-16-18-41(19-17-40)24-9-11-25(12-10-24)42-33-30(32(35)37-22-38-33)31(39-42)23-7-13-26(14-8-23)44-29-6-3-5-28(27(29)21-34)36-15-4-20-43-2/h3,5-8,13-14,22,24-25,36H,4,9-12,15-20H2,1-2H3,(H2,35,37,38). The lowest BCUT2D eigenvalue weighted by Gasteiger charge is -2.41. The van der Waals surface area contributed by atoms with Gasteiger partial charge in [0.05, 0.1) is 17.1 Å². The van der Waals surface area contributed by atoms with Crippen LogP contribution in [0, 0.1) is 11.3 Å². The minimum atomic E-state index is 0.270. The average Bonchev–Trinajstić information content (AvgIpc) is 3.45. The van der Waals surface area contributed by atoms with E-state index < -0.39 is 0 Å². The summed E-state index contributed by atoms with van der Waals surface area (Å²) < 4.78 is 13.4. The molecule has 0 unspecified atom stereocenters. The van der Waals surface area contributed by atoms with Gasteiger partial charge in [0, 0.05) is 58.0 Å². The van der Waals surface area contributed by atoms with E-state index in [1.165, 1.54) is 6.33 Å². The summed E-state index contributed by atoms with van der Waals surface area (Å²) in [6.07, 6.45) is 6.81. The Bertz CT molecular complexity index is 1600. The van der Waals surface area contributed by atoms with Crippen molar-refractivity contribution in [2.75, 3.05) is 64.5 Å². The molecule has 230 valence electrons. The summed E-state index contributed by atoms with van der Waals surface area (Å²) in [7, 11) is 3.88. The van der Waals surface area contributed by atoms with Gasteiger partial charge in [0.2, 0.25) is 0 Å². The number of nitrogens with zero attached hydrogens (tertiary/aromatic N) is 7. The minimum absolute atomic E-state index is 0.270. The molecule has 0 atom stereocenters. The van der Waals surface area contributed by atoms with Crippen molar-refractivity contribution in [2.45, 2.75) is 44.2 Å². The van der Waals surface area contributed by atoms with Crippen LogP contribution in [0.5, 0.6) is 11.5 Å². The molecule has 3 heterocycles. The van der Waals surface area contributed by atoms with Crippen LogP contribution in [-0.4, -0.2) is 89.1 Å². The second-order valence-electron chi connectivity index (χ2n) is 11.7. The molecule has 6 rings (SSSR count). The molecule has 0 radical (unpaired) electrons. The fraction of sp³-hybridized carbons (Fsp3) is 0.455. The highest BCUT2D eigenvalue weighted by Crippen LogP contribution is 2.38. The molecule has 2 fully saturated rings. The van der Waals surface area contributed by atoms with Crippen molar-refractivity contribution in [2.24, 2.45) is 0 Å². The van der Waals surface area contributed by atoms with Gasteiger partial charge in [-0.15, -0.1) is 0 Å². The molecule has 2 aliphatic rings. The van der Waals surface area contributed by atoms with Gasteiger partial charge in [-0.2, -0.15) is 10.4 Å². The van der Waals surface area contributed by atoms with Crippen molar-refractivity contribution in [1.82, 2.24) is 29.5 Å². The number of aromatic nitrogens is 4. The van der Waals surface area contributed by atoms with Crippen LogP contribution in [0.15, 0.2) is 48.8 Å². The van der Waals surface area contributed by atoms with Crippen LogP contribution in [0.3, 0.4) is 0 Å². The molecule has 1 aliphatic heterocycles. The molecule has 2 aromatic carbocycles. The molecule has 44 heavy (non-hydrogen) atoms. The summed E-state index contributed by atoms with van der Waals surface area (Å²) in [5.41, 5.74) is 10.1. The molecular weight excluding hydrogens is 554 g/mol. The Labute approximate surface area is 258 Å². The SMILES string of the molecule is COCCCNc1cccc(Oc2ccc(-c3nn(C4CCC(N5CCN(C)CC5)CC4)c4ncnc(N)c34)cc2)c1C#N. The van der Waals surface area contributed by atoms with E-state index in [1.807, 2.05) is 36.4 Å². The summed E-state index contributed by atoms with van der Waals surface area (Å²) in [6.45, 7) is 5.95. The number of hydrogen-bond donors (Lipinski definition) is 2. The van der Waals surface area contributed by atoms with Gasteiger partial charge in [-0.05, 0) is 75.5 Å². The average molecular weight is 596 g/mol. The number of rotatable bonds is 10. The van der Waals surface area contributed by atoms with Crippen molar-refractivity contribution in [3.8, 4) is 28.8 Å². The molecule has 2 aromatic heterocycles. The van der Waals surface area contributed by atoms with Gasteiger partial charge in [0.25, 0.3) is 0 Å². The number of anilines is 2. The molecule has 0 bridgehead atoms. The number of nitriles is 1. The van der Waals surface area contributed by atoms with E-state index in [0.29, 0.717) is 42.1 Å². The van der Waals surface area contributed by atoms with E-state index in [9.17, 15) is 5.26 Å². The fourth-order valence-corrected chi connectivity index (χ4v) is 6.43. The van der Waals surface area contributed by atoms with Gasteiger partial charge in [-0.1, -0.05) is 6.07 Å². The number of nitrogens with one attached hydrogen (secondary N) is 1. The summed E-state index contributed by atoms with van der Waals surface area (Å²) in [6, 6.07) is 16.5. The van der Waals surface area contributed by atoms with E-state index in [4.69, 9.17) is 20.3 Å². The smallest absolute Gasteiger partial charge is 0.164 e. The van der Waals surface area contributed by atoms with E-state index in [-0.39, 0.29) is 6.04 Å². The lowest BCUT2D eigenvalue weighted by molar-refractivity contribution is 0.0815. The minimum Gasteiger partial charge on any atom is -0.456 e. The largest absolute Gasteiger partial charge is 0.456 e. The quantitative estimate of drug-likeness (QED) is 0.244. The third-order valence-electron chi connectivity index (χ3n) is 8.92. The molecule has 1 saturated heterocycles. The van der Waals surface area contributed by atoms with Gasteiger partial charge >= 0.3 is 0 Å². The zero-order valence-corrected chi connectivity index (χ0v) is 25.6. The third kappa shape index (κ3) is 6.33. The normalized spacial score (nSPS) is 19.6. The molecule has 0 amide bonds. The van der Waals surface area contributed by atoms with Crippen LogP contribution in [0.1, 0.15) is 43.7 Å². The molecular formula is C33H41N9O2. The first-order valence-electron chi connectivity index (χ1n) is 15.5. The van der Waals surface area contributed by atoms with Gasteiger partial charge in [-0.3, -0.25) is 4.90 Å². The lowest BCUT2D eigenvalue weighted by Crippen LogP contribution is -2.49. The van der Waals surface area contributed by atoms with Crippen molar-refractivity contribution >= 4 is 22.5 Å². The van der Waals surface area contributed by atoms with Crippen LogP contribution in [-0.2, 0) is 4.74 Å². The van der Waals surface area contributed by atoms with Crippen molar-refractivity contribution in [1.29, 1.82) is 5.26 Å². The maximum atomic E-state index is 9.87. The fourth-order valence-electron chi connectivity index (χ4n) is 6.43. The van der Waals surface area contributed by atoms with Crippen LogP contribution in [0.2, 0.25) is 0 Å². The lowest BCUT2D eigenvalue weighted by atomic mass is 9.90. The van der Waals surface area contributed by atoms with Crippen LogP contribution >= 0.6 is 0 Å². The zero-order valence-electron chi connectivity index (χ0n) is 25.6. The molecule has 11 heteroatoms. The molecule has 11 nitrogen and oxygen atoms in total. The van der Waals surface area contributed by atoms with E-state index >= 15 is 0 Å². The zero-order chi connectivity index (χ0) is 30.5. The Kier molecular flexibility index (Phi) is 9.21. The van der Waals surface area contributed by atoms with Crippen LogP contribution < -0.4 is 15.8 Å². The first-order valence-corrected chi connectivity index (χ1v) is 15.5. The van der Waals surface area contributed by atoms with Crippen LogP contribution in [0.25, 0.3) is 22.3 Å². The summed E-state index contributed by atoms with van der Waals surface area (Å²) >= 11 is 0. The number of methoxy groups -OCH3 is 1. The molecule has 0 spiro atoms. The van der Waals surface area contributed by atoms with Gasteiger partial charge in [0.1, 0.15) is 41.0 Å². The summed E-state index contributed by atoms with van der Waals surface area (Å²) in [5.74, 6) is 1.55. The van der Waals surface area contributed by atoms with Gasteiger partial charge in [-0.25, -0.2) is 14.6 Å². The second kappa shape index (κ2) is 13.6. The number of nitrogen functional groups attached to an aromatic ring is 1. The maximum Gasteiger partial charge on any atom is 0.164 e. The Hall–Kier alpha value is -4.24. The first-order chi connectivity index (χ1) is 21.6. The number of nitrogens with two attached hydrogens (primary N) is 1. The number of hydrogen-bond acceptors (Lipinski definition) is 10. The summed E-state index contributed by atoms with van der Waals surface area (Å²) in [4.78, 5) is 14.0. The predicted molar refractivity (Wildman–Crippen MR) is 172 cm³/mol. The third-order valence-corrected chi connectivity index (χ3v) is 8.92. The van der Waals surface area contributed by atoms with E-state index in [1.54, 1.807) is 13.2 Å². The first kappa shape index (κ1) is 29.8. The monoisotopic (exact) mass is 595 g/mol. The number of likely N-dealkylation sites (N-methyl/N-ethyl adjacent to an activating group) is 1. The van der Waals surface area contributed by atoms with Crippen LogP contribution in [0.4, 0.5) is 11.5 Å². The number of benzene rings is 2. The Morgan fingerprint density at radius 1 is 1.00 bits per heavy atom. The Morgan fingerprint density at radius 2 is 1.75 bits per heavy atom. The second-order valence-corrected chi connectivity index (χ2v) is 11.7. The maximum absolute atomic E-state index is 9.87.